The third-order valence-electron chi connectivity index (χ3n) is 2.65. The van der Waals surface area contributed by atoms with Crippen LogP contribution in [0, 0.1) is 0 Å². The molecule has 2 atom stereocenters. The van der Waals surface area contributed by atoms with Crippen LogP contribution >= 0.6 is 7.60 Å². The van der Waals surface area contributed by atoms with Crippen molar-refractivity contribution in [2.24, 2.45) is 0 Å². The Morgan fingerprint density at radius 2 is 1.64 bits per heavy atom. The molecule has 2 N–H and O–H groups in total. The molecule has 0 aromatic rings. The van der Waals surface area contributed by atoms with E-state index in [1.807, 2.05) is 0 Å². The first-order valence-electron chi connectivity index (χ1n) is 7.31. The van der Waals surface area contributed by atoms with Crippen molar-refractivity contribution in [2.75, 3.05) is 19.8 Å². The Morgan fingerprint density at radius 1 is 1.09 bits per heavy atom. The predicted octanol–water partition coefficient (Wildman–Crippen LogP) is 1.42. The third kappa shape index (κ3) is 7.35. The van der Waals surface area contributed by atoms with Crippen LogP contribution in [0.3, 0.4) is 0 Å². The normalized spacial score (nSPS) is 14.2. The predicted molar refractivity (Wildman–Crippen MR) is 80.3 cm³/mol. The van der Waals surface area contributed by atoms with Crippen molar-refractivity contribution >= 4 is 19.5 Å². The Morgan fingerprint density at radius 3 is 2.05 bits per heavy atom. The molecule has 130 valence electrons. The van der Waals surface area contributed by atoms with Crippen LogP contribution in [0.5, 0.6) is 0 Å². The molecule has 0 radical (unpaired) electrons. The Labute approximate surface area is 131 Å². The fraction of sp³-hybridized carbons (Fsp3) is 0.846. The van der Waals surface area contributed by atoms with Gasteiger partial charge in [0.25, 0.3) is 0 Å². The van der Waals surface area contributed by atoms with Crippen molar-refractivity contribution < 1.29 is 33.0 Å². The molecule has 0 aliphatic carbocycles. The molecule has 0 fully saturated rings. The van der Waals surface area contributed by atoms with Gasteiger partial charge >= 0.3 is 13.6 Å². The lowest BCUT2D eigenvalue weighted by Gasteiger charge is -2.23. The molecule has 0 aliphatic rings. The lowest BCUT2D eigenvalue weighted by Crippen LogP contribution is -2.41. The zero-order chi connectivity index (χ0) is 17.2. The summed E-state index contributed by atoms with van der Waals surface area (Å²) < 4.78 is 27.3. The molecule has 0 aromatic carbocycles. The molecule has 0 saturated carbocycles. The first kappa shape index (κ1) is 21.0. The summed E-state index contributed by atoms with van der Waals surface area (Å²) in [5.74, 6) is -2.38. The quantitative estimate of drug-likeness (QED) is 0.432. The fourth-order valence-corrected chi connectivity index (χ4v) is 3.38. The second-order valence-electron chi connectivity index (χ2n) is 4.44. The van der Waals surface area contributed by atoms with Crippen molar-refractivity contribution in [1.82, 2.24) is 5.32 Å². The summed E-state index contributed by atoms with van der Waals surface area (Å²) in [6.45, 7) is 6.62. The smallest absolute Gasteiger partial charge is 0.358 e. The highest BCUT2D eigenvalue weighted by molar-refractivity contribution is 7.54. The molecular weight excluding hydrogens is 313 g/mol. The van der Waals surface area contributed by atoms with E-state index < -0.39 is 31.4 Å². The van der Waals surface area contributed by atoms with Crippen LogP contribution in [0.25, 0.3) is 0 Å². The Balaban J connectivity index is 4.76. The number of aliphatic hydroxyl groups is 1. The second kappa shape index (κ2) is 10.7. The average molecular weight is 339 g/mol. The van der Waals surface area contributed by atoms with Crippen molar-refractivity contribution in [1.29, 1.82) is 0 Å². The summed E-state index contributed by atoms with van der Waals surface area (Å²) in [7, 11) is -3.66. The van der Waals surface area contributed by atoms with Crippen LogP contribution in [-0.2, 0) is 27.9 Å². The van der Waals surface area contributed by atoms with Crippen LogP contribution < -0.4 is 5.32 Å². The van der Waals surface area contributed by atoms with Gasteiger partial charge in [0.1, 0.15) is 6.04 Å². The second-order valence-corrected chi connectivity index (χ2v) is 6.63. The van der Waals surface area contributed by atoms with Crippen LogP contribution in [0.15, 0.2) is 0 Å². The number of carbonyl (C=O) groups is 2. The highest BCUT2D eigenvalue weighted by atomic mass is 31.2. The summed E-state index contributed by atoms with van der Waals surface area (Å²) in [4.78, 5) is 22.9. The summed E-state index contributed by atoms with van der Waals surface area (Å²) in [6, 6.07) is -0.913. The average Bonchev–Trinajstić information content (AvgIpc) is 2.43. The maximum absolute atomic E-state index is 12.3. The number of esters is 1. The number of aliphatic hydroxyl groups excluding tert-OH is 1. The van der Waals surface area contributed by atoms with E-state index in [9.17, 15) is 19.3 Å². The van der Waals surface area contributed by atoms with Crippen LogP contribution in [0.2, 0.25) is 0 Å². The maximum atomic E-state index is 12.3. The molecule has 0 saturated heterocycles. The number of hydrogen-bond donors (Lipinski definition) is 2. The van der Waals surface area contributed by atoms with E-state index in [0.717, 1.165) is 0 Å². The molecule has 0 heterocycles. The largest absolute Gasteiger partial charge is 0.464 e. The van der Waals surface area contributed by atoms with E-state index in [0.29, 0.717) is 0 Å². The Hall–Kier alpha value is -0.950. The van der Waals surface area contributed by atoms with Crippen LogP contribution in [0.4, 0.5) is 0 Å². The van der Waals surface area contributed by atoms with Gasteiger partial charge in [0.2, 0.25) is 5.91 Å². The molecule has 9 heteroatoms. The summed E-state index contributed by atoms with van der Waals surface area (Å²) in [5.41, 5.74) is 0. The van der Waals surface area contributed by atoms with Gasteiger partial charge in [-0.05, 0) is 33.6 Å². The highest BCUT2D eigenvalue weighted by Crippen LogP contribution is 2.53. The zero-order valence-corrected chi connectivity index (χ0v) is 14.4. The van der Waals surface area contributed by atoms with Crippen molar-refractivity contribution in [3.05, 3.63) is 0 Å². The van der Waals surface area contributed by atoms with Gasteiger partial charge in [-0.1, -0.05) is 0 Å². The molecule has 0 bridgehead atoms. The lowest BCUT2D eigenvalue weighted by atomic mass is 10.1. The van der Waals surface area contributed by atoms with Gasteiger partial charge in [0.15, 0.2) is 5.85 Å². The molecule has 0 aliphatic heterocycles. The fourth-order valence-electron chi connectivity index (χ4n) is 1.78. The number of amides is 1. The van der Waals surface area contributed by atoms with Crippen molar-refractivity contribution in [3.8, 4) is 0 Å². The molecular formula is C13H26NO7P. The van der Waals surface area contributed by atoms with Gasteiger partial charge in [-0.25, -0.2) is 4.79 Å². The van der Waals surface area contributed by atoms with Gasteiger partial charge in [-0.3, -0.25) is 9.36 Å². The minimum Gasteiger partial charge on any atom is -0.464 e. The molecule has 2 unspecified atom stereocenters. The van der Waals surface area contributed by atoms with Gasteiger partial charge in [0.05, 0.1) is 19.8 Å². The van der Waals surface area contributed by atoms with Crippen molar-refractivity contribution in [3.63, 3.8) is 0 Å². The van der Waals surface area contributed by atoms with Gasteiger partial charge in [-0.2, -0.15) is 0 Å². The minimum absolute atomic E-state index is 0.0406. The third-order valence-corrected chi connectivity index (χ3v) is 4.87. The number of ether oxygens (including phenoxy) is 1. The number of rotatable bonds is 11. The molecule has 22 heavy (non-hydrogen) atoms. The van der Waals surface area contributed by atoms with E-state index in [1.54, 1.807) is 20.8 Å². The minimum atomic E-state index is -3.66. The van der Waals surface area contributed by atoms with Gasteiger partial charge in [-0.15, -0.1) is 0 Å². The lowest BCUT2D eigenvalue weighted by molar-refractivity contribution is -0.147. The Kier molecular flexibility index (Phi) is 10.3. The summed E-state index contributed by atoms with van der Waals surface area (Å²) >= 11 is 0. The number of carbonyl (C=O) groups excluding carboxylic acids is 2. The monoisotopic (exact) mass is 339 g/mol. The standard InChI is InChI=1S/C13H26NO7P/c1-5-19-13(17)11(14-10(4)15)8-9-12(16)22(18,20-6-2)21-7-3/h11-12,16H,5-9H2,1-4H3,(H,14,15). The molecule has 0 aromatic heterocycles. The summed E-state index contributed by atoms with van der Waals surface area (Å²) in [6.07, 6.45) is 0.0186. The molecule has 8 nitrogen and oxygen atoms in total. The van der Waals surface area contributed by atoms with E-state index in [-0.39, 0.29) is 32.7 Å². The first-order chi connectivity index (χ1) is 10.3. The van der Waals surface area contributed by atoms with Crippen LogP contribution in [-0.4, -0.2) is 48.7 Å². The molecule has 1 amide bonds. The van der Waals surface area contributed by atoms with Crippen LogP contribution in [0.1, 0.15) is 40.5 Å². The summed E-state index contributed by atoms with van der Waals surface area (Å²) in [5, 5.41) is 12.5. The zero-order valence-electron chi connectivity index (χ0n) is 13.5. The number of hydrogen-bond acceptors (Lipinski definition) is 7. The van der Waals surface area contributed by atoms with Crippen molar-refractivity contribution in [2.45, 2.75) is 52.4 Å². The molecule has 0 spiro atoms. The van der Waals surface area contributed by atoms with E-state index >= 15 is 0 Å². The highest BCUT2D eigenvalue weighted by Gasteiger charge is 2.35. The van der Waals surface area contributed by atoms with E-state index in [1.165, 1.54) is 6.92 Å². The van der Waals surface area contributed by atoms with E-state index in [2.05, 4.69) is 5.32 Å². The van der Waals surface area contributed by atoms with E-state index in [4.69, 9.17) is 13.8 Å². The SMILES string of the molecule is CCOC(=O)C(CCC(O)P(=O)(OCC)OCC)NC(C)=O. The Bertz CT molecular complexity index is 392. The van der Waals surface area contributed by atoms with Gasteiger partial charge in [0, 0.05) is 6.92 Å². The number of nitrogens with one attached hydrogen (secondary N) is 1. The van der Waals surface area contributed by atoms with Gasteiger partial charge < -0.3 is 24.2 Å². The molecule has 0 rings (SSSR count). The maximum Gasteiger partial charge on any atom is 0.358 e. The topological polar surface area (TPSA) is 111 Å². The first-order valence-corrected chi connectivity index (χ1v) is 8.92.